The van der Waals surface area contributed by atoms with Gasteiger partial charge in [-0.15, -0.1) is 0 Å². The molecule has 0 radical (unpaired) electrons. The molecular weight excluding hydrogens is 392 g/mol. The molecule has 7 nitrogen and oxygen atoms in total. The standard InChI is InChI=1S/C24H36N4O3/c1-17(2)13-19-15-21(26-25-19)24(29)28-11-6-7-20(16-28)27(3)12-10-18-8-9-22(30-4)23(14-18)31-5/h8-9,14-15,17,20H,6-7,10-13,16H2,1-5H3,(H,25,26). The summed E-state index contributed by atoms with van der Waals surface area (Å²) in [7, 11) is 5.46. The Morgan fingerprint density at radius 3 is 2.74 bits per heavy atom. The van der Waals surface area contributed by atoms with Gasteiger partial charge in [0.1, 0.15) is 5.69 Å². The summed E-state index contributed by atoms with van der Waals surface area (Å²) in [5.74, 6) is 2.07. The number of ether oxygens (including phenoxy) is 2. The van der Waals surface area contributed by atoms with Crippen molar-refractivity contribution in [2.75, 3.05) is 40.9 Å². The maximum atomic E-state index is 13.0. The van der Waals surface area contributed by atoms with Crippen molar-refractivity contribution in [3.8, 4) is 11.5 Å². The Labute approximate surface area is 185 Å². The van der Waals surface area contributed by atoms with Crippen LogP contribution < -0.4 is 9.47 Å². The molecule has 1 atom stereocenters. The first kappa shape index (κ1) is 23.1. The summed E-state index contributed by atoms with van der Waals surface area (Å²) in [4.78, 5) is 17.3. The van der Waals surface area contributed by atoms with E-state index in [-0.39, 0.29) is 5.91 Å². The van der Waals surface area contributed by atoms with Crippen LogP contribution in [0.2, 0.25) is 0 Å². The molecule has 1 aromatic carbocycles. The molecule has 170 valence electrons. The summed E-state index contributed by atoms with van der Waals surface area (Å²) in [5, 5.41) is 7.29. The molecule has 0 spiro atoms. The van der Waals surface area contributed by atoms with Crippen LogP contribution in [0.25, 0.3) is 0 Å². The number of aromatic amines is 1. The first-order chi connectivity index (χ1) is 14.9. The Bertz CT molecular complexity index is 864. The lowest BCUT2D eigenvalue weighted by Gasteiger charge is -2.37. The molecule has 0 bridgehead atoms. The van der Waals surface area contributed by atoms with E-state index < -0.39 is 0 Å². The van der Waals surface area contributed by atoms with Crippen molar-refractivity contribution in [3.05, 3.63) is 41.2 Å². The van der Waals surface area contributed by atoms with Crippen LogP contribution in [0.4, 0.5) is 0 Å². The number of benzene rings is 1. The number of methoxy groups -OCH3 is 2. The van der Waals surface area contributed by atoms with Crippen LogP contribution in [0.1, 0.15) is 48.4 Å². The second kappa shape index (κ2) is 10.7. The van der Waals surface area contributed by atoms with E-state index in [1.165, 1.54) is 5.56 Å². The van der Waals surface area contributed by atoms with Gasteiger partial charge in [0.25, 0.3) is 5.91 Å². The normalized spacial score (nSPS) is 16.7. The number of rotatable bonds is 9. The number of hydrogen-bond donors (Lipinski definition) is 1. The minimum atomic E-state index is 0.0317. The topological polar surface area (TPSA) is 70.7 Å². The van der Waals surface area contributed by atoms with Crippen molar-refractivity contribution in [3.63, 3.8) is 0 Å². The highest BCUT2D eigenvalue weighted by Gasteiger charge is 2.28. The summed E-state index contributed by atoms with van der Waals surface area (Å²) in [6.07, 6.45) is 3.94. The highest BCUT2D eigenvalue weighted by Crippen LogP contribution is 2.28. The van der Waals surface area contributed by atoms with Crippen LogP contribution in [-0.4, -0.2) is 72.8 Å². The number of nitrogens with zero attached hydrogens (tertiary/aromatic N) is 3. The SMILES string of the molecule is COc1ccc(CCN(C)C2CCCN(C(=O)c3cc(CC(C)C)[nH]n3)C2)cc1OC. The number of aromatic nitrogens is 2. The zero-order valence-electron chi connectivity index (χ0n) is 19.5. The van der Waals surface area contributed by atoms with Crippen molar-refractivity contribution < 1.29 is 14.3 Å². The molecule has 1 saturated heterocycles. The number of H-pyrrole nitrogens is 1. The Morgan fingerprint density at radius 1 is 1.26 bits per heavy atom. The van der Waals surface area contributed by atoms with E-state index >= 15 is 0 Å². The molecular formula is C24H36N4O3. The van der Waals surface area contributed by atoms with Crippen LogP contribution in [0.15, 0.2) is 24.3 Å². The number of piperidine rings is 1. The van der Waals surface area contributed by atoms with Gasteiger partial charge in [-0.25, -0.2) is 0 Å². The van der Waals surface area contributed by atoms with Crippen molar-refractivity contribution in [1.29, 1.82) is 0 Å². The number of hydrogen-bond acceptors (Lipinski definition) is 5. The summed E-state index contributed by atoms with van der Waals surface area (Å²) >= 11 is 0. The summed E-state index contributed by atoms with van der Waals surface area (Å²) in [6, 6.07) is 8.33. The lowest BCUT2D eigenvalue weighted by molar-refractivity contribution is 0.0606. The summed E-state index contributed by atoms with van der Waals surface area (Å²) in [5.41, 5.74) is 2.77. The van der Waals surface area contributed by atoms with Gasteiger partial charge in [-0.05, 0) is 62.4 Å². The van der Waals surface area contributed by atoms with Crippen LogP contribution in [0.5, 0.6) is 11.5 Å². The van der Waals surface area contributed by atoms with Gasteiger partial charge in [0.05, 0.1) is 14.2 Å². The molecule has 1 aromatic heterocycles. The zero-order chi connectivity index (χ0) is 22.4. The van der Waals surface area contributed by atoms with E-state index in [1.54, 1.807) is 14.2 Å². The Kier molecular flexibility index (Phi) is 7.96. The first-order valence-corrected chi connectivity index (χ1v) is 11.2. The van der Waals surface area contributed by atoms with Crippen LogP contribution >= 0.6 is 0 Å². The van der Waals surface area contributed by atoms with Crippen molar-refractivity contribution in [2.45, 2.75) is 45.6 Å². The fourth-order valence-electron chi connectivity index (χ4n) is 4.20. The molecule has 2 heterocycles. The third-order valence-corrected chi connectivity index (χ3v) is 5.99. The summed E-state index contributed by atoms with van der Waals surface area (Å²) in [6.45, 7) is 6.78. The summed E-state index contributed by atoms with van der Waals surface area (Å²) < 4.78 is 10.7. The molecule has 7 heteroatoms. The fourth-order valence-corrected chi connectivity index (χ4v) is 4.20. The quantitative estimate of drug-likeness (QED) is 0.663. The van der Waals surface area contributed by atoms with Gasteiger partial charge in [-0.3, -0.25) is 9.89 Å². The third-order valence-electron chi connectivity index (χ3n) is 5.99. The number of carbonyl (C=O) groups is 1. The third kappa shape index (κ3) is 6.00. The van der Waals surface area contributed by atoms with E-state index in [4.69, 9.17) is 9.47 Å². The van der Waals surface area contributed by atoms with Crippen LogP contribution in [0.3, 0.4) is 0 Å². The van der Waals surface area contributed by atoms with Gasteiger partial charge in [0.15, 0.2) is 11.5 Å². The number of likely N-dealkylation sites (tertiary alicyclic amines) is 1. The van der Waals surface area contributed by atoms with Gasteiger partial charge < -0.3 is 19.3 Å². The largest absolute Gasteiger partial charge is 0.493 e. The van der Waals surface area contributed by atoms with Crippen molar-refractivity contribution in [1.82, 2.24) is 20.0 Å². The number of nitrogens with one attached hydrogen (secondary N) is 1. The van der Waals surface area contributed by atoms with Gasteiger partial charge >= 0.3 is 0 Å². The molecule has 3 rings (SSSR count). The maximum Gasteiger partial charge on any atom is 0.274 e. The molecule has 1 unspecified atom stereocenters. The van der Waals surface area contributed by atoms with E-state index in [9.17, 15) is 4.79 Å². The number of carbonyl (C=O) groups excluding carboxylic acids is 1. The molecule has 31 heavy (non-hydrogen) atoms. The highest BCUT2D eigenvalue weighted by atomic mass is 16.5. The number of likely N-dealkylation sites (N-methyl/N-ethyl adjacent to an activating group) is 1. The maximum absolute atomic E-state index is 13.0. The molecule has 2 aromatic rings. The fraction of sp³-hybridized carbons (Fsp3) is 0.583. The van der Waals surface area contributed by atoms with Crippen LogP contribution in [-0.2, 0) is 12.8 Å². The van der Waals surface area contributed by atoms with Crippen molar-refractivity contribution in [2.24, 2.45) is 5.92 Å². The van der Waals surface area contributed by atoms with E-state index in [2.05, 4.69) is 42.1 Å². The predicted molar refractivity (Wildman–Crippen MR) is 122 cm³/mol. The van der Waals surface area contributed by atoms with Crippen molar-refractivity contribution >= 4 is 5.91 Å². The monoisotopic (exact) mass is 428 g/mol. The molecule has 0 saturated carbocycles. The van der Waals surface area contributed by atoms with E-state index in [0.29, 0.717) is 17.7 Å². The lowest BCUT2D eigenvalue weighted by Crippen LogP contribution is -2.49. The number of amides is 1. The van der Waals surface area contributed by atoms with Gasteiger partial charge in [0.2, 0.25) is 0 Å². The van der Waals surface area contributed by atoms with Gasteiger partial charge in [-0.2, -0.15) is 5.10 Å². The highest BCUT2D eigenvalue weighted by molar-refractivity contribution is 5.92. The average Bonchev–Trinajstić information content (AvgIpc) is 3.24. The smallest absolute Gasteiger partial charge is 0.274 e. The minimum Gasteiger partial charge on any atom is -0.493 e. The molecule has 0 aliphatic carbocycles. The zero-order valence-corrected chi connectivity index (χ0v) is 19.5. The van der Waals surface area contributed by atoms with E-state index in [1.807, 2.05) is 23.1 Å². The second-order valence-electron chi connectivity index (χ2n) is 8.84. The Morgan fingerprint density at radius 2 is 2.03 bits per heavy atom. The predicted octanol–water partition coefficient (Wildman–Crippen LogP) is 3.40. The van der Waals surface area contributed by atoms with Gasteiger partial charge in [-0.1, -0.05) is 19.9 Å². The molecule has 1 aliphatic heterocycles. The second-order valence-corrected chi connectivity index (χ2v) is 8.84. The Balaban J connectivity index is 1.56. The molecule has 1 fully saturated rings. The first-order valence-electron chi connectivity index (χ1n) is 11.2. The van der Waals surface area contributed by atoms with Crippen LogP contribution in [0, 0.1) is 5.92 Å². The van der Waals surface area contributed by atoms with E-state index in [0.717, 1.165) is 62.5 Å². The Hall–Kier alpha value is -2.54. The average molecular weight is 429 g/mol. The molecule has 1 N–H and O–H groups in total. The van der Waals surface area contributed by atoms with Gasteiger partial charge in [0, 0.05) is 31.4 Å². The molecule has 1 aliphatic rings. The minimum absolute atomic E-state index is 0.0317. The molecule has 1 amide bonds. The lowest BCUT2D eigenvalue weighted by atomic mass is 10.0.